The van der Waals surface area contributed by atoms with Gasteiger partial charge in [0.05, 0.1) is 22.3 Å². The van der Waals surface area contributed by atoms with E-state index in [9.17, 15) is 18.8 Å². The molecule has 4 heterocycles. The number of nitrogens with one attached hydrogen (secondary N) is 2. The maximum absolute atomic E-state index is 14.2. The first-order valence-electron chi connectivity index (χ1n) is 12.8. The van der Waals surface area contributed by atoms with E-state index < -0.39 is 11.7 Å². The average molecular weight is 550 g/mol. The van der Waals surface area contributed by atoms with Crippen LogP contribution in [0.1, 0.15) is 20.9 Å². The van der Waals surface area contributed by atoms with Gasteiger partial charge in [0.15, 0.2) is 5.13 Å². The third kappa shape index (κ3) is 5.04. The number of halogens is 1. The maximum atomic E-state index is 14.2. The summed E-state index contributed by atoms with van der Waals surface area (Å²) in [4.78, 5) is 53.1. The summed E-state index contributed by atoms with van der Waals surface area (Å²) >= 11 is 1.45. The predicted octanol–water partition coefficient (Wildman–Crippen LogP) is 2.51. The fraction of sp³-hybridized carbons (Fsp3) is 0.333. The monoisotopic (exact) mass is 549 g/mol. The number of anilines is 2. The van der Waals surface area contributed by atoms with Crippen LogP contribution < -0.4 is 15.9 Å². The lowest BCUT2D eigenvalue weighted by molar-refractivity contribution is -0.132. The van der Waals surface area contributed by atoms with Crippen molar-refractivity contribution in [2.24, 2.45) is 0 Å². The van der Waals surface area contributed by atoms with Crippen molar-refractivity contribution >= 4 is 45.0 Å². The number of aromatic nitrogens is 3. The number of fused-ring (bicyclic) bond motifs is 2. The quantitative estimate of drug-likeness (QED) is 0.396. The number of carbonyl (C=O) groups is 2. The predicted molar refractivity (Wildman–Crippen MR) is 148 cm³/mol. The van der Waals surface area contributed by atoms with E-state index in [1.807, 2.05) is 17.0 Å². The Morgan fingerprint density at radius 1 is 1.10 bits per heavy atom. The van der Waals surface area contributed by atoms with Crippen molar-refractivity contribution in [3.63, 3.8) is 0 Å². The van der Waals surface area contributed by atoms with Crippen molar-refractivity contribution in [1.82, 2.24) is 24.3 Å². The number of imidazole rings is 1. The van der Waals surface area contributed by atoms with Gasteiger partial charge in [0, 0.05) is 56.3 Å². The highest BCUT2D eigenvalue weighted by atomic mass is 32.1. The number of likely N-dealkylation sites (N-methyl/N-ethyl adjacent to an activating group) is 1. The van der Waals surface area contributed by atoms with Gasteiger partial charge >= 0.3 is 5.69 Å². The van der Waals surface area contributed by atoms with E-state index in [-0.39, 0.29) is 23.7 Å². The lowest BCUT2D eigenvalue weighted by Gasteiger charge is -2.37. The molecule has 2 aliphatic heterocycles. The fourth-order valence-corrected chi connectivity index (χ4v) is 6.29. The number of amides is 2. The second kappa shape index (κ2) is 10.3. The number of hydrogen-bond donors (Lipinski definition) is 2. The molecule has 2 aromatic carbocycles. The molecule has 39 heavy (non-hydrogen) atoms. The number of nitrogens with zero attached hydrogens (tertiary/aromatic N) is 5. The lowest BCUT2D eigenvalue weighted by Crippen LogP contribution is -2.50. The van der Waals surface area contributed by atoms with Gasteiger partial charge in [-0.15, -0.1) is 11.3 Å². The molecule has 12 heteroatoms. The SMILES string of the molecule is CN1CCc2nc(NC(=O)c3cc(F)ccc3N3CCN(C(=O)Cn4c(=O)[nH]c5ccccc54)CC3)sc2C1. The van der Waals surface area contributed by atoms with Crippen molar-refractivity contribution in [2.45, 2.75) is 19.5 Å². The minimum atomic E-state index is -0.498. The molecule has 1 fully saturated rings. The number of piperazine rings is 1. The number of hydrogen-bond acceptors (Lipinski definition) is 7. The highest BCUT2D eigenvalue weighted by Crippen LogP contribution is 2.29. The zero-order valence-corrected chi connectivity index (χ0v) is 22.3. The molecule has 2 aliphatic rings. The summed E-state index contributed by atoms with van der Waals surface area (Å²) in [6.07, 6.45) is 0.835. The van der Waals surface area contributed by atoms with Gasteiger partial charge in [-0.1, -0.05) is 12.1 Å². The summed E-state index contributed by atoms with van der Waals surface area (Å²) in [7, 11) is 2.05. The second-order valence-corrected chi connectivity index (χ2v) is 11.0. The molecule has 0 atom stereocenters. The summed E-state index contributed by atoms with van der Waals surface area (Å²) in [6, 6.07) is 11.4. The van der Waals surface area contributed by atoms with Gasteiger partial charge in [-0.2, -0.15) is 0 Å². The van der Waals surface area contributed by atoms with Crippen LogP contribution in [0.2, 0.25) is 0 Å². The molecule has 0 unspecified atom stereocenters. The van der Waals surface area contributed by atoms with Crippen molar-refractivity contribution in [3.8, 4) is 0 Å². The Morgan fingerprint density at radius 3 is 2.72 bits per heavy atom. The number of H-pyrrole nitrogens is 1. The number of thiazole rings is 1. The largest absolute Gasteiger partial charge is 0.367 e. The zero-order valence-electron chi connectivity index (χ0n) is 21.4. The summed E-state index contributed by atoms with van der Waals surface area (Å²) in [5.41, 5.74) is 2.89. The van der Waals surface area contributed by atoms with Crippen LogP contribution in [0.25, 0.3) is 11.0 Å². The molecular weight excluding hydrogens is 521 g/mol. The second-order valence-electron chi connectivity index (χ2n) is 9.89. The normalized spacial score (nSPS) is 15.9. The Hall–Kier alpha value is -4.03. The fourth-order valence-electron chi connectivity index (χ4n) is 5.20. The molecule has 4 aromatic rings. The number of aromatic amines is 1. The molecule has 10 nitrogen and oxygen atoms in total. The van der Waals surface area contributed by atoms with Crippen LogP contribution in [0.15, 0.2) is 47.3 Å². The Labute approximate surface area is 227 Å². The van der Waals surface area contributed by atoms with Gasteiger partial charge in [0.1, 0.15) is 12.4 Å². The molecule has 2 amide bonds. The average Bonchev–Trinajstić information content (AvgIpc) is 3.47. The van der Waals surface area contributed by atoms with E-state index in [4.69, 9.17) is 0 Å². The van der Waals surface area contributed by atoms with Crippen molar-refractivity contribution in [1.29, 1.82) is 0 Å². The molecule has 1 saturated heterocycles. The Morgan fingerprint density at radius 2 is 1.90 bits per heavy atom. The molecule has 0 bridgehead atoms. The number of benzene rings is 2. The van der Waals surface area contributed by atoms with Crippen LogP contribution >= 0.6 is 11.3 Å². The van der Waals surface area contributed by atoms with Gasteiger partial charge in [0.2, 0.25) is 5.91 Å². The number of para-hydroxylation sites is 2. The summed E-state index contributed by atoms with van der Waals surface area (Å²) < 4.78 is 15.7. The summed E-state index contributed by atoms with van der Waals surface area (Å²) in [6.45, 7) is 3.44. The van der Waals surface area contributed by atoms with E-state index in [1.165, 1.54) is 28.0 Å². The van der Waals surface area contributed by atoms with Gasteiger partial charge < -0.3 is 19.7 Å². The summed E-state index contributed by atoms with van der Waals surface area (Å²) in [5.74, 6) is -1.07. The molecule has 6 rings (SSSR count). The third-order valence-corrected chi connectivity index (χ3v) is 8.29. The molecule has 202 valence electrons. The molecule has 0 spiro atoms. The van der Waals surface area contributed by atoms with E-state index in [0.717, 1.165) is 30.1 Å². The van der Waals surface area contributed by atoms with E-state index in [2.05, 4.69) is 27.2 Å². The van der Waals surface area contributed by atoms with Crippen molar-refractivity contribution in [3.05, 3.63) is 74.9 Å². The van der Waals surface area contributed by atoms with Gasteiger partial charge in [-0.3, -0.25) is 19.5 Å². The zero-order chi connectivity index (χ0) is 27.1. The molecule has 0 saturated carbocycles. The van der Waals surface area contributed by atoms with Crippen molar-refractivity contribution in [2.75, 3.05) is 50.0 Å². The van der Waals surface area contributed by atoms with E-state index in [0.29, 0.717) is 48.0 Å². The Balaban J connectivity index is 1.14. The van der Waals surface area contributed by atoms with E-state index in [1.54, 1.807) is 23.1 Å². The lowest BCUT2D eigenvalue weighted by atomic mass is 10.1. The molecule has 2 aromatic heterocycles. The van der Waals surface area contributed by atoms with E-state index >= 15 is 0 Å². The third-order valence-electron chi connectivity index (χ3n) is 7.29. The van der Waals surface area contributed by atoms with Crippen LogP contribution in [0.5, 0.6) is 0 Å². The first kappa shape index (κ1) is 25.3. The Bertz CT molecular complexity index is 1620. The molecular formula is C27H28FN7O3S. The topological polar surface area (TPSA) is 107 Å². The molecule has 0 radical (unpaired) electrons. The standard InChI is InChI=1S/C27H28FN7O3S/c1-32-9-8-20-23(15-32)39-26(29-20)31-25(37)18-14-17(28)6-7-21(18)33-10-12-34(13-11-33)24(36)16-35-22-5-3-2-4-19(22)30-27(35)38/h2-7,14H,8-13,15-16H2,1H3,(H,30,38)(H,29,31,37). The highest BCUT2D eigenvalue weighted by Gasteiger charge is 2.26. The number of carbonyl (C=O) groups excluding carboxylic acids is 2. The van der Waals surface area contributed by atoms with Crippen LogP contribution in [0, 0.1) is 5.82 Å². The number of rotatable bonds is 5. The Kier molecular flexibility index (Phi) is 6.65. The maximum Gasteiger partial charge on any atom is 0.326 e. The van der Waals surface area contributed by atoms with Crippen LogP contribution in [0.3, 0.4) is 0 Å². The highest BCUT2D eigenvalue weighted by molar-refractivity contribution is 7.15. The van der Waals surface area contributed by atoms with Crippen LogP contribution in [-0.2, 0) is 24.3 Å². The minimum absolute atomic E-state index is 0.0549. The van der Waals surface area contributed by atoms with Crippen LogP contribution in [-0.4, -0.2) is 75.9 Å². The smallest absolute Gasteiger partial charge is 0.326 e. The first-order chi connectivity index (χ1) is 18.9. The van der Waals surface area contributed by atoms with Crippen molar-refractivity contribution < 1.29 is 14.0 Å². The van der Waals surface area contributed by atoms with Gasteiger partial charge in [-0.05, 0) is 37.4 Å². The van der Waals surface area contributed by atoms with Gasteiger partial charge in [0.25, 0.3) is 5.91 Å². The van der Waals surface area contributed by atoms with Crippen LogP contribution in [0.4, 0.5) is 15.2 Å². The van der Waals surface area contributed by atoms with Gasteiger partial charge in [-0.25, -0.2) is 14.2 Å². The summed E-state index contributed by atoms with van der Waals surface area (Å²) in [5, 5.41) is 3.38. The molecule has 0 aliphatic carbocycles. The molecule has 2 N–H and O–H groups in total. The minimum Gasteiger partial charge on any atom is -0.367 e. The first-order valence-corrected chi connectivity index (χ1v) is 13.7.